The van der Waals surface area contributed by atoms with Gasteiger partial charge in [0.25, 0.3) is 5.91 Å². The van der Waals surface area contributed by atoms with Gasteiger partial charge in [0.1, 0.15) is 0 Å². The first-order valence-corrected chi connectivity index (χ1v) is 10.4. The third-order valence-corrected chi connectivity index (χ3v) is 5.38. The van der Waals surface area contributed by atoms with E-state index in [4.69, 9.17) is 0 Å². The Labute approximate surface area is 170 Å². The zero-order chi connectivity index (χ0) is 20.1. The van der Waals surface area contributed by atoms with E-state index in [0.29, 0.717) is 12.1 Å². The van der Waals surface area contributed by atoms with Crippen LogP contribution in [0.15, 0.2) is 53.7 Å². The highest BCUT2D eigenvalue weighted by Gasteiger charge is 2.20. The van der Waals surface area contributed by atoms with Crippen LogP contribution in [0.5, 0.6) is 0 Å². The molecule has 3 aromatic rings. The number of amides is 1. The summed E-state index contributed by atoms with van der Waals surface area (Å²) in [5, 5.41) is 3.96. The van der Waals surface area contributed by atoms with Crippen LogP contribution in [0.2, 0.25) is 0 Å². The summed E-state index contributed by atoms with van der Waals surface area (Å²) in [6.07, 6.45) is 0. The number of nitrogens with zero attached hydrogens (tertiary/aromatic N) is 2. The average Bonchev–Trinajstić information content (AvgIpc) is 3.07. The molecule has 0 saturated heterocycles. The smallest absolute Gasteiger partial charge is 0.251 e. The first kappa shape index (κ1) is 20.4. The maximum atomic E-state index is 12.4. The number of para-hydroxylation sites is 2. The molecule has 0 aliphatic heterocycles. The number of carbonyl (C=O) groups excluding carboxylic acids is 1. The minimum Gasteiger partial charge on any atom is -0.351 e. The van der Waals surface area contributed by atoms with Gasteiger partial charge >= 0.3 is 0 Å². The topological polar surface area (TPSA) is 61.0 Å². The van der Waals surface area contributed by atoms with Crippen molar-refractivity contribution in [1.29, 1.82) is 0 Å². The van der Waals surface area contributed by atoms with Crippen molar-refractivity contribution in [2.75, 3.05) is 27.2 Å². The molecular formula is C22H28N4OS. The number of hydrogen-bond acceptors (Lipinski definition) is 4. The molecule has 0 fully saturated rings. The van der Waals surface area contributed by atoms with Crippen molar-refractivity contribution in [2.45, 2.75) is 24.8 Å². The summed E-state index contributed by atoms with van der Waals surface area (Å²) in [6, 6.07) is 15.8. The molecule has 6 heteroatoms. The molecule has 0 aliphatic rings. The Kier molecular flexibility index (Phi) is 6.42. The van der Waals surface area contributed by atoms with Crippen LogP contribution < -0.4 is 5.32 Å². The second-order valence-electron chi connectivity index (χ2n) is 8.13. The maximum Gasteiger partial charge on any atom is 0.251 e. The Morgan fingerprint density at radius 3 is 2.54 bits per heavy atom. The standard InChI is InChI=1S/C22H28N4OS/c1-22(2,15-26(3)4)14-23-20(27)17-11-9-16(10-12-17)13-28-21-24-18-7-5-6-8-19(18)25-21/h5-12H,13-15H2,1-4H3,(H,23,27)(H,24,25). The van der Waals surface area contributed by atoms with Crippen LogP contribution >= 0.6 is 11.8 Å². The predicted molar refractivity (Wildman–Crippen MR) is 117 cm³/mol. The molecule has 0 spiro atoms. The number of carbonyl (C=O) groups is 1. The molecule has 0 atom stereocenters. The molecule has 28 heavy (non-hydrogen) atoms. The summed E-state index contributed by atoms with van der Waals surface area (Å²) in [6.45, 7) is 5.89. The van der Waals surface area contributed by atoms with E-state index in [2.05, 4.69) is 34.0 Å². The highest BCUT2D eigenvalue weighted by Crippen LogP contribution is 2.23. The van der Waals surface area contributed by atoms with E-state index in [1.807, 2.05) is 62.6 Å². The lowest BCUT2D eigenvalue weighted by Crippen LogP contribution is -2.39. The van der Waals surface area contributed by atoms with Crippen molar-refractivity contribution in [3.63, 3.8) is 0 Å². The van der Waals surface area contributed by atoms with E-state index in [0.717, 1.165) is 34.1 Å². The highest BCUT2D eigenvalue weighted by atomic mass is 32.2. The molecule has 2 aromatic carbocycles. The third kappa shape index (κ3) is 5.59. The molecule has 0 bridgehead atoms. The number of thioether (sulfide) groups is 1. The fraction of sp³-hybridized carbons (Fsp3) is 0.364. The normalized spacial score (nSPS) is 11.9. The largest absolute Gasteiger partial charge is 0.351 e. The Balaban J connectivity index is 1.53. The first-order chi connectivity index (χ1) is 13.3. The molecule has 1 aromatic heterocycles. The number of hydrogen-bond donors (Lipinski definition) is 2. The zero-order valence-corrected chi connectivity index (χ0v) is 17.8. The van der Waals surface area contributed by atoms with Gasteiger partial charge in [0.2, 0.25) is 0 Å². The van der Waals surface area contributed by atoms with Gasteiger partial charge in [-0.15, -0.1) is 0 Å². The second kappa shape index (κ2) is 8.80. The number of aromatic amines is 1. The summed E-state index contributed by atoms with van der Waals surface area (Å²) < 4.78 is 0. The lowest BCUT2D eigenvalue weighted by atomic mass is 9.93. The van der Waals surface area contributed by atoms with Crippen molar-refractivity contribution in [3.05, 3.63) is 59.7 Å². The number of rotatable bonds is 8. The molecular weight excluding hydrogens is 368 g/mol. The minimum atomic E-state index is -0.0247. The third-order valence-electron chi connectivity index (χ3n) is 4.43. The van der Waals surface area contributed by atoms with Crippen LogP contribution in [-0.2, 0) is 5.75 Å². The number of aromatic nitrogens is 2. The van der Waals surface area contributed by atoms with Gasteiger partial charge in [-0.05, 0) is 49.3 Å². The van der Waals surface area contributed by atoms with Crippen LogP contribution in [0.4, 0.5) is 0 Å². The zero-order valence-electron chi connectivity index (χ0n) is 17.0. The summed E-state index contributed by atoms with van der Waals surface area (Å²) in [7, 11) is 4.09. The van der Waals surface area contributed by atoms with Gasteiger partial charge < -0.3 is 15.2 Å². The second-order valence-corrected chi connectivity index (χ2v) is 9.09. The molecule has 2 N–H and O–H groups in total. The molecule has 0 aliphatic carbocycles. The van der Waals surface area contributed by atoms with Crippen molar-refractivity contribution in [1.82, 2.24) is 20.2 Å². The minimum absolute atomic E-state index is 0.0247. The van der Waals surface area contributed by atoms with E-state index in [1.54, 1.807) is 11.8 Å². The van der Waals surface area contributed by atoms with Gasteiger partial charge in [0.15, 0.2) is 5.16 Å². The van der Waals surface area contributed by atoms with Gasteiger partial charge in [-0.1, -0.05) is 49.9 Å². The molecule has 1 amide bonds. The van der Waals surface area contributed by atoms with Crippen LogP contribution in [0.1, 0.15) is 29.8 Å². The summed E-state index contributed by atoms with van der Waals surface area (Å²) in [4.78, 5) is 22.5. The fourth-order valence-corrected chi connectivity index (χ4v) is 4.08. The summed E-state index contributed by atoms with van der Waals surface area (Å²) in [5.74, 6) is 0.778. The highest BCUT2D eigenvalue weighted by molar-refractivity contribution is 7.98. The Hall–Kier alpha value is -2.31. The molecule has 3 rings (SSSR count). The van der Waals surface area contributed by atoms with Crippen LogP contribution in [0.25, 0.3) is 11.0 Å². The number of benzene rings is 2. The number of H-pyrrole nitrogens is 1. The summed E-state index contributed by atoms with van der Waals surface area (Å²) in [5.41, 5.74) is 3.92. The van der Waals surface area contributed by atoms with Gasteiger partial charge in [0.05, 0.1) is 11.0 Å². The predicted octanol–water partition coefficient (Wildman–Crippen LogP) is 4.17. The number of fused-ring (bicyclic) bond motifs is 1. The molecule has 0 saturated carbocycles. The Bertz CT molecular complexity index is 898. The van der Waals surface area contributed by atoms with Crippen molar-refractivity contribution in [2.24, 2.45) is 5.41 Å². The van der Waals surface area contributed by atoms with E-state index in [-0.39, 0.29) is 11.3 Å². The van der Waals surface area contributed by atoms with E-state index >= 15 is 0 Å². The van der Waals surface area contributed by atoms with Crippen LogP contribution in [0, 0.1) is 5.41 Å². The quantitative estimate of drug-likeness (QED) is 0.561. The van der Waals surface area contributed by atoms with E-state index < -0.39 is 0 Å². The van der Waals surface area contributed by atoms with E-state index in [9.17, 15) is 4.79 Å². The van der Waals surface area contributed by atoms with Crippen molar-refractivity contribution in [3.8, 4) is 0 Å². The first-order valence-electron chi connectivity index (χ1n) is 9.42. The number of imidazole rings is 1. The van der Waals surface area contributed by atoms with Gasteiger partial charge in [-0.2, -0.15) is 0 Å². The van der Waals surface area contributed by atoms with Gasteiger partial charge in [0, 0.05) is 24.4 Å². The van der Waals surface area contributed by atoms with Crippen molar-refractivity contribution < 1.29 is 4.79 Å². The SMILES string of the molecule is CN(C)CC(C)(C)CNC(=O)c1ccc(CSc2nc3ccccc3[nH]2)cc1. The molecule has 148 valence electrons. The fourth-order valence-electron chi connectivity index (χ4n) is 3.24. The molecule has 0 unspecified atom stereocenters. The Morgan fingerprint density at radius 2 is 1.86 bits per heavy atom. The Morgan fingerprint density at radius 1 is 1.14 bits per heavy atom. The summed E-state index contributed by atoms with van der Waals surface area (Å²) >= 11 is 1.66. The molecule has 1 heterocycles. The van der Waals surface area contributed by atoms with Crippen LogP contribution in [-0.4, -0.2) is 48.0 Å². The maximum absolute atomic E-state index is 12.4. The lowest BCUT2D eigenvalue weighted by Gasteiger charge is -2.28. The number of nitrogens with one attached hydrogen (secondary N) is 2. The average molecular weight is 397 g/mol. The van der Waals surface area contributed by atoms with Gasteiger partial charge in [-0.25, -0.2) is 4.98 Å². The van der Waals surface area contributed by atoms with Crippen molar-refractivity contribution >= 4 is 28.7 Å². The van der Waals surface area contributed by atoms with E-state index in [1.165, 1.54) is 0 Å². The lowest BCUT2D eigenvalue weighted by molar-refractivity contribution is 0.0929. The van der Waals surface area contributed by atoms with Crippen LogP contribution in [0.3, 0.4) is 0 Å². The van der Waals surface area contributed by atoms with Gasteiger partial charge in [-0.3, -0.25) is 4.79 Å². The molecule has 0 radical (unpaired) electrons. The monoisotopic (exact) mass is 396 g/mol. The molecule has 5 nitrogen and oxygen atoms in total.